The van der Waals surface area contributed by atoms with Crippen molar-refractivity contribution in [2.45, 2.75) is 58.5 Å². The van der Waals surface area contributed by atoms with Gasteiger partial charge in [0.05, 0.1) is 11.2 Å². The van der Waals surface area contributed by atoms with Crippen molar-refractivity contribution < 1.29 is 18.7 Å². The molecule has 1 fully saturated rings. The van der Waals surface area contributed by atoms with Crippen molar-refractivity contribution in [2.75, 3.05) is 19.6 Å². The second-order valence-corrected chi connectivity index (χ2v) is 9.58. The number of rotatable bonds is 7. The number of carbonyl (C=O) groups is 2. The lowest BCUT2D eigenvalue weighted by atomic mass is 9.95. The number of carbonyl (C=O) groups excluding carboxylic acids is 2. The van der Waals surface area contributed by atoms with E-state index in [9.17, 15) is 9.59 Å². The van der Waals surface area contributed by atoms with Crippen molar-refractivity contribution in [1.82, 2.24) is 15.2 Å². The van der Waals surface area contributed by atoms with Crippen molar-refractivity contribution >= 4 is 23.6 Å². The monoisotopic (exact) mass is 461 g/mol. The molecule has 0 bridgehead atoms. The Bertz CT molecular complexity index is 922. The standard InChI is InChI=1S/C24H32ClN3O4/c1-24(2,3)32-23(30)28-14-6-7-17(16-28)12-13-26-21(29)10-11-22-27-15-20(31-22)18-8-4-5-9-19(18)25/h4-5,8-9,15,17H,6-7,10-14,16H2,1-3H3,(H,26,29). The van der Waals surface area contributed by atoms with Crippen LogP contribution in [0, 0.1) is 5.92 Å². The van der Waals surface area contributed by atoms with E-state index >= 15 is 0 Å². The highest BCUT2D eigenvalue weighted by molar-refractivity contribution is 6.33. The van der Waals surface area contributed by atoms with Gasteiger partial charge in [-0.25, -0.2) is 9.78 Å². The van der Waals surface area contributed by atoms with E-state index in [-0.39, 0.29) is 12.0 Å². The Kier molecular flexibility index (Phi) is 8.18. The maximum absolute atomic E-state index is 12.3. The van der Waals surface area contributed by atoms with Gasteiger partial charge in [-0.05, 0) is 58.1 Å². The average molecular weight is 462 g/mol. The van der Waals surface area contributed by atoms with Crippen LogP contribution in [0.1, 0.15) is 52.3 Å². The molecule has 1 saturated heterocycles. The number of aromatic nitrogens is 1. The summed E-state index contributed by atoms with van der Waals surface area (Å²) in [6.45, 7) is 7.60. The number of nitrogens with zero attached hydrogens (tertiary/aromatic N) is 2. The molecule has 2 heterocycles. The van der Waals surface area contributed by atoms with E-state index in [4.69, 9.17) is 20.8 Å². The van der Waals surface area contributed by atoms with Gasteiger partial charge in [-0.1, -0.05) is 23.7 Å². The lowest BCUT2D eigenvalue weighted by molar-refractivity contribution is -0.121. The first-order chi connectivity index (χ1) is 15.2. The third-order valence-corrected chi connectivity index (χ3v) is 5.63. The first kappa shape index (κ1) is 24.1. The summed E-state index contributed by atoms with van der Waals surface area (Å²) in [5.41, 5.74) is 0.292. The van der Waals surface area contributed by atoms with Gasteiger partial charge in [0.15, 0.2) is 11.7 Å². The molecule has 1 N–H and O–H groups in total. The molecule has 2 aromatic rings. The van der Waals surface area contributed by atoms with Crippen LogP contribution in [0.25, 0.3) is 11.3 Å². The zero-order valence-electron chi connectivity index (χ0n) is 19.0. The van der Waals surface area contributed by atoms with E-state index in [1.807, 2.05) is 39.0 Å². The Morgan fingerprint density at radius 2 is 2.09 bits per heavy atom. The maximum Gasteiger partial charge on any atom is 0.410 e. The van der Waals surface area contributed by atoms with Gasteiger partial charge in [0, 0.05) is 38.0 Å². The zero-order valence-corrected chi connectivity index (χ0v) is 19.8. The van der Waals surface area contributed by atoms with Crippen LogP contribution in [0.2, 0.25) is 5.02 Å². The fourth-order valence-corrected chi connectivity index (χ4v) is 3.96. The van der Waals surface area contributed by atoms with Crippen LogP contribution < -0.4 is 5.32 Å². The molecule has 1 aliphatic rings. The molecule has 0 radical (unpaired) electrons. The van der Waals surface area contributed by atoms with E-state index in [0.717, 1.165) is 31.4 Å². The predicted molar refractivity (Wildman–Crippen MR) is 123 cm³/mol. The van der Waals surface area contributed by atoms with Gasteiger partial charge < -0.3 is 19.4 Å². The number of ether oxygens (including phenoxy) is 1. The number of nitrogens with one attached hydrogen (secondary N) is 1. The first-order valence-corrected chi connectivity index (χ1v) is 11.5. The van der Waals surface area contributed by atoms with E-state index in [1.54, 1.807) is 17.2 Å². The fourth-order valence-electron chi connectivity index (χ4n) is 3.73. The van der Waals surface area contributed by atoms with Crippen LogP contribution in [-0.4, -0.2) is 47.1 Å². The summed E-state index contributed by atoms with van der Waals surface area (Å²) in [6.07, 6.45) is 4.94. The molecule has 1 aliphatic heterocycles. The number of aryl methyl sites for hydroxylation is 1. The predicted octanol–water partition coefficient (Wildman–Crippen LogP) is 5.08. The minimum absolute atomic E-state index is 0.0395. The molecule has 0 saturated carbocycles. The molecule has 7 nitrogen and oxygen atoms in total. The molecule has 1 aromatic heterocycles. The summed E-state index contributed by atoms with van der Waals surface area (Å²) in [6, 6.07) is 7.41. The van der Waals surface area contributed by atoms with Crippen LogP contribution in [0.5, 0.6) is 0 Å². The fraction of sp³-hybridized carbons (Fsp3) is 0.542. The smallest absolute Gasteiger partial charge is 0.410 e. The van der Waals surface area contributed by atoms with Crippen molar-refractivity contribution in [3.63, 3.8) is 0 Å². The molecule has 0 spiro atoms. The molecule has 174 valence electrons. The molecule has 2 amide bonds. The highest BCUT2D eigenvalue weighted by atomic mass is 35.5. The molecular weight excluding hydrogens is 430 g/mol. The van der Waals surface area contributed by atoms with Gasteiger partial charge in [0.1, 0.15) is 5.60 Å². The molecule has 1 aromatic carbocycles. The van der Waals surface area contributed by atoms with Crippen molar-refractivity contribution in [3.8, 4) is 11.3 Å². The maximum atomic E-state index is 12.3. The molecule has 32 heavy (non-hydrogen) atoms. The lowest BCUT2D eigenvalue weighted by Gasteiger charge is -2.34. The highest BCUT2D eigenvalue weighted by Gasteiger charge is 2.27. The average Bonchev–Trinajstić information content (AvgIpc) is 3.20. The number of likely N-dealkylation sites (tertiary alicyclic amines) is 1. The Balaban J connectivity index is 1.38. The van der Waals surface area contributed by atoms with E-state index in [2.05, 4.69) is 10.3 Å². The van der Waals surface area contributed by atoms with Crippen LogP contribution in [0.15, 0.2) is 34.9 Å². The summed E-state index contributed by atoms with van der Waals surface area (Å²) in [5.74, 6) is 1.43. The van der Waals surface area contributed by atoms with Crippen LogP contribution in [0.4, 0.5) is 4.79 Å². The van der Waals surface area contributed by atoms with Gasteiger partial charge in [0.2, 0.25) is 5.91 Å². The summed E-state index contributed by atoms with van der Waals surface area (Å²) < 4.78 is 11.2. The number of amides is 2. The molecule has 1 unspecified atom stereocenters. The molecule has 1 atom stereocenters. The van der Waals surface area contributed by atoms with Crippen LogP contribution >= 0.6 is 11.6 Å². The summed E-state index contributed by atoms with van der Waals surface area (Å²) in [7, 11) is 0. The normalized spacial score (nSPS) is 16.6. The van der Waals surface area contributed by atoms with E-state index < -0.39 is 5.60 Å². The van der Waals surface area contributed by atoms with Gasteiger partial charge in [-0.3, -0.25) is 4.79 Å². The van der Waals surface area contributed by atoms with Gasteiger partial charge in [-0.2, -0.15) is 0 Å². The Hall–Kier alpha value is -2.54. The van der Waals surface area contributed by atoms with Crippen LogP contribution in [-0.2, 0) is 16.0 Å². The topological polar surface area (TPSA) is 84.7 Å². The van der Waals surface area contributed by atoms with Gasteiger partial charge in [0.25, 0.3) is 0 Å². The Morgan fingerprint density at radius 1 is 1.31 bits per heavy atom. The molecule has 8 heteroatoms. The number of oxazole rings is 1. The number of halogens is 1. The second kappa shape index (κ2) is 10.9. The summed E-state index contributed by atoms with van der Waals surface area (Å²) >= 11 is 6.19. The zero-order chi connectivity index (χ0) is 23.1. The lowest BCUT2D eigenvalue weighted by Crippen LogP contribution is -2.43. The van der Waals surface area contributed by atoms with E-state index in [0.29, 0.717) is 48.5 Å². The van der Waals surface area contributed by atoms with Gasteiger partial charge >= 0.3 is 6.09 Å². The number of benzene rings is 1. The second-order valence-electron chi connectivity index (χ2n) is 9.17. The quantitative estimate of drug-likeness (QED) is 0.621. The number of piperidine rings is 1. The highest BCUT2D eigenvalue weighted by Crippen LogP contribution is 2.28. The third-order valence-electron chi connectivity index (χ3n) is 5.30. The molecular formula is C24H32ClN3O4. The minimum Gasteiger partial charge on any atom is -0.444 e. The van der Waals surface area contributed by atoms with Gasteiger partial charge in [-0.15, -0.1) is 0 Å². The van der Waals surface area contributed by atoms with Crippen molar-refractivity contribution in [2.24, 2.45) is 5.92 Å². The minimum atomic E-state index is -0.491. The summed E-state index contributed by atoms with van der Waals surface area (Å²) in [4.78, 5) is 30.5. The van der Waals surface area contributed by atoms with Crippen molar-refractivity contribution in [3.05, 3.63) is 41.4 Å². The summed E-state index contributed by atoms with van der Waals surface area (Å²) in [5, 5.41) is 3.56. The first-order valence-electron chi connectivity index (χ1n) is 11.2. The third kappa shape index (κ3) is 7.26. The van der Waals surface area contributed by atoms with Crippen molar-refractivity contribution in [1.29, 1.82) is 0 Å². The van der Waals surface area contributed by atoms with Crippen LogP contribution in [0.3, 0.4) is 0 Å². The number of hydrogen-bond acceptors (Lipinski definition) is 5. The number of hydrogen-bond donors (Lipinski definition) is 1. The Morgan fingerprint density at radius 3 is 2.84 bits per heavy atom. The SMILES string of the molecule is CC(C)(C)OC(=O)N1CCCC(CCNC(=O)CCc2ncc(-c3ccccc3Cl)o2)C1. The molecule has 0 aliphatic carbocycles. The largest absolute Gasteiger partial charge is 0.444 e. The van der Waals surface area contributed by atoms with E-state index in [1.165, 1.54) is 0 Å². The Labute approximate surface area is 194 Å². The molecule has 3 rings (SSSR count).